The van der Waals surface area contributed by atoms with Gasteiger partial charge in [0.15, 0.2) is 11.6 Å². The van der Waals surface area contributed by atoms with E-state index in [9.17, 15) is 8.78 Å². The number of furan rings is 1. The van der Waals surface area contributed by atoms with E-state index in [1.54, 1.807) is 12.3 Å². The van der Waals surface area contributed by atoms with E-state index in [4.69, 9.17) is 4.42 Å². The second-order valence-corrected chi connectivity index (χ2v) is 4.55. The van der Waals surface area contributed by atoms with E-state index in [2.05, 4.69) is 12.2 Å². The van der Waals surface area contributed by atoms with Crippen molar-refractivity contribution in [2.24, 2.45) is 0 Å². The normalized spacial score (nSPS) is 12.6. The highest BCUT2D eigenvalue weighted by atomic mass is 19.2. The van der Waals surface area contributed by atoms with Crippen molar-refractivity contribution in [1.29, 1.82) is 0 Å². The standard InChI is InChI=1S/C15H17F2NO/c1-3-6-18-15(12-7-10(2)19-9-12)11-4-5-13(16)14(17)8-11/h4-5,7-9,15,18H,3,6H2,1-2H3. The summed E-state index contributed by atoms with van der Waals surface area (Å²) in [4.78, 5) is 0. The van der Waals surface area contributed by atoms with Crippen LogP contribution in [0.15, 0.2) is 34.9 Å². The van der Waals surface area contributed by atoms with Crippen molar-refractivity contribution in [3.63, 3.8) is 0 Å². The first-order chi connectivity index (χ1) is 9.11. The molecule has 1 heterocycles. The lowest BCUT2D eigenvalue weighted by Gasteiger charge is -2.17. The SMILES string of the molecule is CCCNC(c1coc(C)c1)c1ccc(F)c(F)c1. The van der Waals surface area contributed by atoms with Gasteiger partial charge in [0, 0.05) is 5.56 Å². The van der Waals surface area contributed by atoms with Gasteiger partial charge >= 0.3 is 0 Å². The average Bonchev–Trinajstić information content (AvgIpc) is 2.80. The lowest BCUT2D eigenvalue weighted by atomic mass is 10.0. The molecular weight excluding hydrogens is 248 g/mol. The molecule has 19 heavy (non-hydrogen) atoms. The summed E-state index contributed by atoms with van der Waals surface area (Å²) >= 11 is 0. The highest BCUT2D eigenvalue weighted by Gasteiger charge is 2.17. The number of hydrogen-bond donors (Lipinski definition) is 1. The minimum atomic E-state index is -0.832. The first-order valence-corrected chi connectivity index (χ1v) is 6.35. The zero-order valence-corrected chi connectivity index (χ0v) is 11.0. The monoisotopic (exact) mass is 265 g/mol. The van der Waals surface area contributed by atoms with Crippen LogP contribution in [-0.2, 0) is 0 Å². The van der Waals surface area contributed by atoms with Crippen LogP contribution in [0.2, 0.25) is 0 Å². The summed E-state index contributed by atoms with van der Waals surface area (Å²) in [5.74, 6) is -0.872. The second-order valence-electron chi connectivity index (χ2n) is 4.55. The molecule has 0 saturated heterocycles. The number of benzene rings is 1. The summed E-state index contributed by atoms with van der Waals surface area (Å²) in [6.45, 7) is 4.69. The molecule has 1 aromatic heterocycles. The van der Waals surface area contributed by atoms with E-state index in [0.29, 0.717) is 5.56 Å². The predicted octanol–water partition coefficient (Wildman–Crippen LogP) is 3.96. The lowest BCUT2D eigenvalue weighted by molar-refractivity contribution is 0.501. The third-order valence-electron chi connectivity index (χ3n) is 2.96. The van der Waals surface area contributed by atoms with E-state index in [-0.39, 0.29) is 6.04 Å². The highest BCUT2D eigenvalue weighted by Crippen LogP contribution is 2.25. The van der Waals surface area contributed by atoms with Gasteiger partial charge in [-0.1, -0.05) is 13.0 Å². The van der Waals surface area contributed by atoms with E-state index >= 15 is 0 Å². The molecule has 2 rings (SSSR count). The Balaban J connectivity index is 2.33. The van der Waals surface area contributed by atoms with Crippen molar-refractivity contribution in [2.45, 2.75) is 26.3 Å². The Kier molecular flexibility index (Phi) is 4.32. The van der Waals surface area contributed by atoms with Crippen LogP contribution < -0.4 is 5.32 Å². The van der Waals surface area contributed by atoms with E-state index in [1.807, 2.05) is 13.0 Å². The molecule has 102 valence electrons. The minimum absolute atomic E-state index is 0.188. The fraction of sp³-hybridized carbons (Fsp3) is 0.333. The summed E-state index contributed by atoms with van der Waals surface area (Å²) in [5.41, 5.74) is 1.60. The van der Waals surface area contributed by atoms with Crippen molar-refractivity contribution in [1.82, 2.24) is 5.32 Å². The Hall–Kier alpha value is -1.68. The molecule has 0 fully saturated rings. The molecule has 0 aliphatic heterocycles. The maximum atomic E-state index is 13.4. The zero-order valence-electron chi connectivity index (χ0n) is 11.0. The molecule has 0 saturated carbocycles. The van der Waals surface area contributed by atoms with Gasteiger partial charge in [0.2, 0.25) is 0 Å². The number of hydrogen-bond acceptors (Lipinski definition) is 2. The molecule has 1 unspecified atom stereocenters. The van der Waals surface area contributed by atoms with Crippen LogP contribution in [0, 0.1) is 18.6 Å². The van der Waals surface area contributed by atoms with Crippen molar-refractivity contribution < 1.29 is 13.2 Å². The Morgan fingerprint density at radius 2 is 1.95 bits per heavy atom. The average molecular weight is 265 g/mol. The summed E-state index contributed by atoms with van der Waals surface area (Å²) in [6.07, 6.45) is 2.60. The minimum Gasteiger partial charge on any atom is -0.469 e. The molecule has 0 aliphatic rings. The van der Waals surface area contributed by atoms with Crippen LogP contribution in [-0.4, -0.2) is 6.54 Å². The summed E-state index contributed by atoms with van der Waals surface area (Å²) in [5, 5.41) is 3.31. The van der Waals surface area contributed by atoms with Crippen LogP contribution in [0.4, 0.5) is 8.78 Å². The van der Waals surface area contributed by atoms with E-state index < -0.39 is 11.6 Å². The molecule has 0 aliphatic carbocycles. The highest BCUT2D eigenvalue weighted by molar-refractivity contribution is 5.31. The van der Waals surface area contributed by atoms with Crippen molar-refractivity contribution >= 4 is 0 Å². The van der Waals surface area contributed by atoms with Crippen molar-refractivity contribution in [2.75, 3.05) is 6.54 Å². The molecule has 0 bridgehead atoms. The zero-order chi connectivity index (χ0) is 13.8. The predicted molar refractivity (Wildman–Crippen MR) is 69.9 cm³/mol. The van der Waals surface area contributed by atoms with Crippen LogP contribution in [0.5, 0.6) is 0 Å². The Morgan fingerprint density at radius 3 is 2.53 bits per heavy atom. The van der Waals surface area contributed by atoms with Gasteiger partial charge in [-0.2, -0.15) is 0 Å². The number of aryl methyl sites for hydroxylation is 1. The molecule has 2 nitrogen and oxygen atoms in total. The molecule has 4 heteroatoms. The van der Waals surface area contributed by atoms with Crippen LogP contribution in [0.1, 0.15) is 36.3 Å². The van der Waals surface area contributed by atoms with Gasteiger partial charge in [0.1, 0.15) is 5.76 Å². The fourth-order valence-electron chi connectivity index (χ4n) is 2.02. The van der Waals surface area contributed by atoms with Crippen molar-refractivity contribution in [3.8, 4) is 0 Å². The lowest BCUT2D eigenvalue weighted by Crippen LogP contribution is -2.23. The van der Waals surface area contributed by atoms with Gasteiger partial charge in [-0.25, -0.2) is 8.78 Å². The Bertz CT molecular complexity index is 551. The number of rotatable bonds is 5. The molecule has 2 aromatic rings. The van der Waals surface area contributed by atoms with E-state index in [1.165, 1.54) is 6.07 Å². The van der Waals surface area contributed by atoms with Crippen LogP contribution >= 0.6 is 0 Å². The third-order valence-corrected chi connectivity index (χ3v) is 2.96. The third kappa shape index (κ3) is 3.20. The maximum absolute atomic E-state index is 13.4. The topological polar surface area (TPSA) is 25.2 Å². The van der Waals surface area contributed by atoms with Crippen LogP contribution in [0.25, 0.3) is 0 Å². The number of nitrogens with one attached hydrogen (secondary N) is 1. The molecule has 1 atom stereocenters. The largest absolute Gasteiger partial charge is 0.469 e. The summed E-state index contributed by atoms with van der Waals surface area (Å²) < 4.78 is 31.7. The van der Waals surface area contributed by atoms with Gasteiger partial charge in [-0.3, -0.25) is 0 Å². The smallest absolute Gasteiger partial charge is 0.159 e. The van der Waals surface area contributed by atoms with Crippen LogP contribution in [0.3, 0.4) is 0 Å². The first-order valence-electron chi connectivity index (χ1n) is 6.35. The Labute approximate surface area is 111 Å². The molecule has 0 radical (unpaired) electrons. The number of halogens is 2. The molecule has 1 aromatic carbocycles. The van der Waals surface area contributed by atoms with Gasteiger partial charge < -0.3 is 9.73 Å². The molecule has 0 amide bonds. The second kappa shape index (κ2) is 5.97. The Morgan fingerprint density at radius 1 is 1.16 bits per heavy atom. The summed E-state index contributed by atoms with van der Waals surface area (Å²) in [6, 6.07) is 5.68. The quantitative estimate of drug-likeness (QED) is 0.885. The van der Waals surface area contributed by atoms with Gasteiger partial charge in [0.05, 0.1) is 12.3 Å². The summed E-state index contributed by atoms with van der Waals surface area (Å²) in [7, 11) is 0. The van der Waals surface area contributed by atoms with Gasteiger partial charge in [-0.15, -0.1) is 0 Å². The maximum Gasteiger partial charge on any atom is 0.159 e. The molecular formula is C15H17F2NO. The first kappa shape index (κ1) is 13.7. The molecule has 1 N–H and O–H groups in total. The van der Waals surface area contributed by atoms with Gasteiger partial charge in [0.25, 0.3) is 0 Å². The van der Waals surface area contributed by atoms with Crippen molar-refractivity contribution in [3.05, 3.63) is 59.1 Å². The fourth-order valence-corrected chi connectivity index (χ4v) is 2.02. The van der Waals surface area contributed by atoms with E-state index in [0.717, 1.165) is 30.4 Å². The van der Waals surface area contributed by atoms with Gasteiger partial charge in [-0.05, 0) is 43.7 Å². The molecule has 0 spiro atoms.